The number of hydrogen-bond donors (Lipinski definition) is 2. The van der Waals surface area contributed by atoms with Gasteiger partial charge in [-0.15, -0.1) is 0 Å². The Labute approximate surface area is 103 Å². The number of nitrogens with one attached hydrogen (secondary N) is 1. The van der Waals surface area contributed by atoms with E-state index in [1.54, 1.807) is 0 Å². The molecule has 3 N–H and O–H groups in total. The second kappa shape index (κ2) is 7.27. The van der Waals surface area contributed by atoms with Crippen molar-refractivity contribution in [3.63, 3.8) is 0 Å². The molecule has 0 saturated carbocycles. The molecule has 0 bridgehead atoms. The fourth-order valence-corrected chi connectivity index (χ4v) is 1.88. The van der Waals surface area contributed by atoms with Crippen LogP contribution < -0.4 is 11.1 Å². The lowest BCUT2D eigenvalue weighted by molar-refractivity contribution is -0.134. The van der Waals surface area contributed by atoms with E-state index in [2.05, 4.69) is 5.32 Å². The van der Waals surface area contributed by atoms with Crippen molar-refractivity contribution in [1.82, 2.24) is 10.2 Å². The monoisotopic (exact) mass is 241 g/mol. The zero-order valence-electron chi connectivity index (χ0n) is 10.6. The molecule has 0 aromatic rings. The van der Waals surface area contributed by atoms with Crippen LogP contribution in [0.4, 0.5) is 0 Å². The Kier molecular flexibility index (Phi) is 5.97. The lowest BCUT2D eigenvalue weighted by Gasteiger charge is -2.30. The fraction of sp³-hybridized carbons (Fsp3) is 0.833. The molecule has 5 heteroatoms. The van der Waals surface area contributed by atoms with Gasteiger partial charge in [0.25, 0.3) is 0 Å². The highest BCUT2D eigenvalue weighted by Crippen LogP contribution is 2.10. The summed E-state index contributed by atoms with van der Waals surface area (Å²) in [4.78, 5) is 24.9. The number of amides is 2. The van der Waals surface area contributed by atoms with Crippen LogP contribution in [0.3, 0.4) is 0 Å². The van der Waals surface area contributed by atoms with Gasteiger partial charge in [-0.05, 0) is 19.3 Å². The zero-order chi connectivity index (χ0) is 12.7. The van der Waals surface area contributed by atoms with Crippen LogP contribution in [-0.4, -0.2) is 42.4 Å². The van der Waals surface area contributed by atoms with E-state index in [1.165, 1.54) is 0 Å². The largest absolute Gasteiger partial charge is 0.356 e. The molecule has 1 rings (SSSR count). The van der Waals surface area contributed by atoms with Gasteiger partial charge in [0.15, 0.2) is 0 Å². The van der Waals surface area contributed by atoms with Crippen LogP contribution in [0.15, 0.2) is 0 Å². The maximum atomic E-state index is 11.8. The Hall–Kier alpha value is -1.10. The SMILES string of the molecule is CCCNC(=O)CCC(=O)N1CCC(N)CC1. The Morgan fingerprint density at radius 1 is 1.29 bits per heavy atom. The minimum atomic E-state index is -0.0334. The number of rotatable bonds is 5. The van der Waals surface area contributed by atoms with Crippen LogP contribution in [0.5, 0.6) is 0 Å². The van der Waals surface area contributed by atoms with E-state index in [0.29, 0.717) is 19.4 Å². The smallest absolute Gasteiger partial charge is 0.223 e. The van der Waals surface area contributed by atoms with Crippen LogP contribution >= 0.6 is 0 Å². The highest BCUT2D eigenvalue weighted by Gasteiger charge is 2.20. The van der Waals surface area contributed by atoms with Crippen molar-refractivity contribution < 1.29 is 9.59 Å². The Bertz CT molecular complexity index is 260. The first-order valence-electron chi connectivity index (χ1n) is 6.43. The van der Waals surface area contributed by atoms with E-state index in [0.717, 1.165) is 32.4 Å². The summed E-state index contributed by atoms with van der Waals surface area (Å²) in [6, 6.07) is 0.229. The summed E-state index contributed by atoms with van der Waals surface area (Å²) in [7, 11) is 0. The van der Waals surface area contributed by atoms with Crippen molar-refractivity contribution in [1.29, 1.82) is 0 Å². The van der Waals surface area contributed by atoms with Crippen molar-refractivity contribution in [2.45, 2.75) is 45.1 Å². The average Bonchev–Trinajstić information content (AvgIpc) is 2.34. The summed E-state index contributed by atoms with van der Waals surface area (Å²) in [5.41, 5.74) is 5.77. The summed E-state index contributed by atoms with van der Waals surface area (Å²) in [5, 5.41) is 2.77. The maximum Gasteiger partial charge on any atom is 0.223 e. The van der Waals surface area contributed by atoms with Gasteiger partial charge in [-0.3, -0.25) is 9.59 Å². The van der Waals surface area contributed by atoms with Gasteiger partial charge in [0.1, 0.15) is 0 Å². The summed E-state index contributed by atoms with van der Waals surface area (Å²) in [6.45, 7) is 4.15. The minimum Gasteiger partial charge on any atom is -0.356 e. The van der Waals surface area contributed by atoms with Gasteiger partial charge in [0.05, 0.1) is 0 Å². The molecule has 0 unspecified atom stereocenters. The van der Waals surface area contributed by atoms with Gasteiger partial charge in [-0.2, -0.15) is 0 Å². The van der Waals surface area contributed by atoms with Crippen molar-refractivity contribution >= 4 is 11.8 Å². The molecule has 5 nitrogen and oxygen atoms in total. The maximum absolute atomic E-state index is 11.8. The predicted octanol–water partition coefficient (Wildman–Crippen LogP) is 0.243. The molecular formula is C12H23N3O2. The molecule has 0 spiro atoms. The summed E-state index contributed by atoms with van der Waals surface area (Å²) in [5.74, 6) is 0.0393. The highest BCUT2D eigenvalue weighted by atomic mass is 16.2. The van der Waals surface area contributed by atoms with Gasteiger partial charge in [-0.1, -0.05) is 6.92 Å². The zero-order valence-corrected chi connectivity index (χ0v) is 10.6. The molecule has 1 heterocycles. The minimum absolute atomic E-state index is 0.0334. The van der Waals surface area contributed by atoms with E-state index in [-0.39, 0.29) is 17.9 Å². The Balaban J connectivity index is 2.18. The van der Waals surface area contributed by atoms with Gasteiger partial charge < -0.3 is 16.0 Å². The third-order valence-electron chi connectivity index (χ3n) is 3.03. The molecule has 98 valence electrons. The van der Waals surface area contributed by atoms with Gasteiger partial charge in [0.2, 0.25) is 11.8 Å². The third kappa shape index (κ3) is 5.17. The van der Waals surface area contributed by atoms with Crippen LogP contribution in [0.25, 0.3) is 0 Å². The van der Waals surface area contributed by atoms with Gasteiger partial charge in [-0.25, -0.2) is 0 Å². The lowest BCUT2D eigenvalue weighted by atomic mass is 10.1. The molecule has 0 atom stereocenters. The molecule has 0 aromatic heterocycles. The van der Waals surface area contributed by atoms with Crippen molar-refractivity contribution in [2.24, 2.45) is 5.73 Å². The molecular weight excluding hydrogens is 218 g/mol. The summed E-state index contributed by atoms with van der Waals surface area (Å²) in [6.07, 6.45) is 3.26. The number of nitrogens with two attached hydrogens (primary N) is 1. The molecule has 1 fully saturated rings. The third-order valence-corrected chi connectivity index (χ3v) is 3.03. The first-order valence-corrected chi connectivity index (χ1v) is 6.43. The number of piperidine rings is 1. The topological polar surface area (TPSA) is 75.4 Å². The summed E-state index contributed by atoms with van der Waals surface area (Å²) >= 11 is 0. The first-order chi connectivity index (χ1) is 8.13. The van der Waals surface area contributed by atoms with Gasteiger partial charge in [0, 0.05) is 38.5 Å². The van der Waals surface area contributed by atoms with E-state index in [4.69, 9.17) is 5.73 Å². The number of nitrogens with zero attached hydrogens (tertiary/aromatic N) is 1. The van der Waals surface area contributed by atoms with Crippen molar-refractivity contribution in [3.8, 4) is 0 Å². The molecule has 1 aliphatic rings. The number of carbonyl (C=O) groups excluding carboxylic acids is 2. The Morgan fingerprint density at radius 3 is 2.53 bits per heavy atom. The molecule has 0 aromatic carbocycles. The van der Waals surface area contributed by atoms with Crippen LogP contribution in [0.2, 0.25) is 0 Å². The molecule has 17 heavy (non-hydrogen) atoms. The van der Waals surface area contributed by atoms with Crippen LogP contribution in [0, 0.1) is 0 Å². The second-order valence-corrected chi connectivity index (χ2v) is 4.57. The van der Waals surface area contributed by atoms with Crippen molar-refractivity contribution in [2.75, 3.05) is 19.6 Å². The standard InChI is InChI=1S/C12H23N3O2/c1-2-7-14-11(16)3-4-12(17)15-8-5-10(13)6-9-15/h10H,2-9,13H2,1H3,(H,14,16). The summed E-state index contributed by atoms with van der Waals surface area (Å²) < 4.78 is 0. The number of hydrogen-bond acceptors (Lipinski definition) is 3. The van der Waals surface area contributed by atoms with E-state index in [9.17, 15) is 9.59 Å². The Morgan fingerprint density at radius 2 is 1.94 bits per heavy atom. The van der Waals surface area contributed by atoms with Crippen molar-refractivity contribution in [3.05, 3.63) is 0 Å². The van der Waals surface area contributed by atoms with Crippen LogP contribution in [0.1, 0.15) is 39.0 Å². The molecule has 1 saturated heterocycles. The lowest BCUT2D eigenvalue weighted by Crippen LogP contribution is -2.43. The van der Waals surface area contributed by atoms with E-state index in [1.807, 2.05) is 11.8 Å². The quantitative estimate of drug-likeness (QED) is 0.724. The number of likely N-dealkylation sites (tertiary alicyclic amines) is 1. The molecule has 0 aliphatic carbocycles. The fourth-order valence-electron chi connectivity index (χ4n) is 1.88. The second-order valence-electron chi connectivity index (χ2n) is 4.57. The molecule has 1 aliphatic heterocycles. The number of carbonyl (C=O) groups is 2. The van der Waals surface area contributed by atoms with E-state index >= 15 is 0 Å². The average molecular weight is 241 g/mol. The molecule has 2 amide bonds. The first kappa shape index (κ1) is 14.0. The molecule has 0 radical (unpaired) electrons. The van der Waals surface area contributed by atoms with Crippen LogP contribution in [-0.2, 0) is 9.59 Å². The van der Waals surface area contributed by atoms with E-state index < -0.39 is 0 Å². The highest BCUT2D eigenvalue weighted by molar-refractivity contribution is 5.83. The van der Waals surface area contributed by atoms with Gasteiger partial charge >= 0.3 is 0 Å². The normalized spacial score (nSPS) is 16.9. The predicted molar refractivity (Wildman–Crippen MR) is 66.3 cm³/mol.